The van der Waals surface area contributed by atoms with Gasteiger partial charge >= 0.3 is 6.18 Å². The van der Waals surface area contributed by atoms with E-state index < -0.39 is 12.2 Å². The van der Waals surface area contributed by atoms with Gasteiger partial charge in [0.05, 0.1) is 11.3 Å². The van der Waals surface area contributed by atoms with Crippen molar-refractivity contribution >= 4 is 39.4 Å². The Labute approximate surface area is 217 Å². The second kappa shape index (κ2) is 10.4. The van der Waals surface area contributed by atoms with Gasteiger partial charge in [-0.2, -0.15) is 13.2 Å². The fourth-order valence-electron chi connectivity index (χ4n) is 4.01. The van der Waals surface area contributed by atoms with Gasteiger partial charge in [-0.1, -0.05) is 43.8 Å². The van der Waals surface area contributed by atoms with Gasteiger partial charge in [-0.25, -0.2) is 0 Å². The minimum atomic E-state index is -4.38. The van der Waals surface area contributed by atoms with Crippen molar-refractivity contribution in [2.75, 3.05) is 10.7 Å². The topological polar surface area (TPSA) is 88.1 Å². The number of halogens is 3. The molecule has 4 rings (SSSR count). The first kappa shape index (κ1) is 26.4. The quantitative estimate of drug-likeness (QED) is 0.226. The van der Waals surface area contributed by atoms with Gasteiger partial charge in [0.1, 0.15) is 17.6 Å². The normalized spacial score (nSPS) is 15.5. The number of nitrogens with zero attached hydrogens (tertiary/aromatic N) is 2. The Morgan fingerprint density at radius 1 is 1.16 bits per heavy atom. The number of benzene rings is 2. The summed E-state index contributed by atoms with van der Waals surface area (Å²) >= 11 is 1.09. The first-order valence-electron chi connectivity index (χ1n) is 11.6. The molecule has 0 aliphatic carbocycles. The van der Waals surface area contributed by atoms with Crippen LogP contribution in [-0.4, -0.2) is 38.6 Å². The maximum absolute atomic E-state index is 12.9. The number of anilines is 1. The number of amidine groups is 2. The van der Waals surface area contributed by atoms with Crippen molar-refractivity contribution in [3.05, 3.63) is 83.7 Å². The molecule has 0 saturated carbocycles. The van der Waals surface area contributed by atoms with Gasteiger partial charge in [0, 0.05) is 36.1 Å². The first-order chi connectivity index (χ1) is 17.5. The Morgan fingerprint density at radius 2 is 1.92 bits per heavy atom. The van der Waals surface area contributed by atoms with Crippen LogP contribution in [-0.2, 0) is 7.05 Å². The highest BCUT2D eigenvalue weighted by Crippen LogP contribution is 2.31. The third-order valence-corrected chi connectivity index (χ3v) is 7.11. The average molecular weight is 528 g/mol. The van der Waals surface area contributed by atoms with Crippen LogP contribution in [0.4, 0.5) is 18.9 Å². The van der Waals surface area contributed by atoms with Crippen LogP contribution in [0.3, 0.4) is 0 Å². The highest BCUT2D eigenvalue weighted by atomic mass is 32.2. The van der Waals surface area contributed by atoms with Crippen LogP contribution in [0.15, 0.2) is 72.6 Å². The van der Waals surface area contributed by atoms with Gasteiger partial charge in [-0.15, -0.1) is 0 Å². The van der Waals surface area contributed by atoms with E-state index in [9.17, 15) is 18.3 Å². The van der Waals surface area contributed by atoms with Crippen LogP contribution in [0, 0.1) is 10.8 Å². The van der Waals surface area contributed by atoms with Crippen LogP contribution < -0.4 is 10.2 Å². The number of fused-ring (bicyclic) bond motifs is 1. The molecule has 0 saturated heterocycles. The number of aromatic nitrogens is 1. The summed E-state index contributed by atoms with van der Waals surface area (Å²) in [6.45, 7) is 4.03. The van der Waals surface area contributed by atoms with Crippen molar-refractivity contribution in [2.45, 2.75) is 32.0 Å². The van der Waals surface area contributed by atoms with E-state index in [4.69, 9.17) is 10.8 Å². The van der Waals surface area contributed by atoms with Crippen molar-refractivity contribution in [1.82, 2.24) is 9.88 Å². The van der Waals surface area contributed by atoms with E-state index in [2.05, 4.69) is 5.32 Å². The van der Waals surface area contributed by atoms with Crippen molar-refractivity contribution in [3.8, 4) is 5.75 Å². The van der Waals surface area contributed by atoms with Crippen LogP contribution in [0.25, 0.3) is 10.9 Å². The summed E-state index contributed by atoms with van der Waals surface area (Å²) in [5.41, 5.74) is 3.37. The summed E-state index contributed by atoms with van der Waals surface area (Å²) in [6, 6.07) is 10.9. The number of rotatable bonds is 5. The number of nitrogens with one attached hydrogen (secondary N) is 3. The number of hydrogen-bond donors (Lipinski definition) is 4. The number of thioether (sulfide) groups is 1. The Hall–Kier alpha value is -3.66. The smallest absolute Gasteiger partial charge is 0.412 e. The van der Waals surface area contributed by atoms with Crippen LogP contribution in [0.1, 0.15) is 30.9 Å². The number of alkyl halides is 3. The molecule has 0 bridgehead atoms. The zero-order valence-corrected chi connectivity index (χ0v) is 21.4. The van der Waals surface area contributed by atoms with E-state index in [1.807, 2.05) is 55.9 Å². The molecular formula is C27H28F3N5OS. The zero-order chi connectivity index (χ0) is 26.9. The molecule has 3 aromatic rings. The van der Waals surface area contributed by atoms with Crippen LogP contribution in [0.5, 0.6) is 5.75 Å². The molecule has 1 aliphatic heterocycles. The Balaban J connectivity index is 1.64. The minimum Gasteiger partial charge on any atom is -0.507 e. The van der Waals surface area contributed by atoms with Crippen molar-refractivity contribution in [2.24, 2.45) is 7.05 Å². The van der Waals surface area contributed by atoms with E-state index in [0.29, 0.717) is 11.3 Å². The zero-order valence-electron chi connectivity index (χ0n) is 20.6. The van der Waals surface area contributed by atoms with Crippen LogP contribution >= 0.6 is 11.8 Å². The third-order valence-electron chi connectivity index (χ3n) is 6.18. The van der Waals surface area contributed by atoms with E-state index in [1.54, 1.807) is 18.2 Å². The third kappa shape index (κ3) is 5.69. The lowest BCUT2D eigenvalue weighted by Gasteiger charge is -2.27. The summed E-state index contributed by atoms with van der Waals surface area (Å²) in [6.07, 6.45) is 1.30. The lowest BCUT2D eigenvalue weighted by atomic mass is 9.99. The van der Waals surface area contributed by atoms with E-state index >= 15 is 0 Å². The molecule has 10 heteroatoms. The lowest BCUT2D eigenvalue weighted by Crippen LogP contribution is -2.39. The molecule has 0 amide bonds. The van der Waals surface area contributed by atoms with Gasteiger partial charge < -0.3 is 15.0 Å². The predicted molar refractivity (Wildman–Crippen MR) is 145 cm³/mol. The average Bonchev–Trinajstić information content (AvgIpc) is 3.22. The largest absolute Gasteiger partial charge is 0.507 e. The van der Waals surface area contributed by atoms with Gasteiger partial charge in [0.15, 0.2) is 5.17 Å². The van der Waals surface area contributed by atoms with Gasteiger partial charge in [0.25, 0.3) is 0 Å². The molecule has 0 fully saturated rings. The van der Waals surface area contributed by atoms with E-state index in [-0.39, 0.29) is 34.0 Å². The summed E-state index contributed by atoms with van der Waals surface area (Å²) in [5.74, 6) is 0.255. The van der Waals surface area contributed by atoms with Crippen molar-refractivity contribution < 1.29 is 18.3 Å². The van der Waals surface area contributed by atoms with Crippen LogP contribution in [0.2, 0.25) is 0 Å². The summed E-state index contributed by atoms with van der Waals surface area (Å²) < 4.78 is 40.7. The molecule has 0 spiro atoms. The standard InChI is InChI=1S/C27H28F3N5OS/c1-16(2)18-5-8-23(36)21(13-18)25(31)35(20-6-7-22-19(12-20)10-11-34(22)3)26(32)37-15-17-4-9-24(33-14-17)27(28,29)30/h4-14,16,24,31-33,36H,15H2,1-3H3. The number of dihydropyridines is 1. The Kier molecular flexibility index (Phi) is 7.40. The monoisotopic (exact) mass is 527 g/mol. The molecule has 1 aromatic heterocycles. The number of phenols is 1. The lowest BCUT2D eigenvalue weighted by molar-refractivity contribution is -0.142. The fraction of sp³-hybridized carbons (Fsp3) is 0.259. The van der Waals surface area contributed by atoms with Gasteiger partial charge in [-0.05, 0) is 53.5 Å². The maximum atomic E-state index is 12.9. The number of aromatic hydroxyl groups is 1. The second-order valence-corrected chi connectivity index (χ2v) is 10.1. The molecule has 2 aromatic carbocycles. The summed E-state index contributed by atoms with van der Waals surface area (Å²) in [7, 11) is 1.93. The Morgan fingerprint density at radius 3 is 2.57 bits per heavy atom. The number of allylic oxidation sites excluding steroid dienone is 1. The molecular weight excluding hydrogens is 499 g/mol. The molecule has 2 heterocycles. The Bertz CT molecular complexity index is 1410. The molecule has 1 atom stereocenters. The molecule has 6 nitrogen and oxygen atoms in total. The molecule has 37 heavy (non-hydrogen) atoms. The molecule has 194 valence electrons. The molecule has 0 radical (unpaired) electrons. The molecule has 4 N–H and O–H groups in total. The first-order valence-corrected chi connectivity index (χ1v) is 12.6. The highest BCUT2D eigenvalue weighted by molar-refractivity contribution is 8.14. The summed E-state index contributed by atoms with van der Waals surface area (Å²) in [4.78, 5) is 1.44. The molecule has 1 aliphatic rings. The number of phenolic OH excluding ortho intramolecular Hbond substituents is 1. The minimum absolute atomic E-state index is 0.00174. The molecule has 1 unspecified atom stereocenters. The summed E-state index contributed by atoms with van der Waals surface area (Å²) in [5, 5.41) is 31.7. The van der Waals surface area contributed by atoms with Crippen molar-refractivity contribution in [1.29, 1.82) is 10.8 Å². The van der Waals surface area contributed by atoms with Crippen molar-refractivity contribution in [3.63, 3.8) is 0 Å². The fourth-order valence-corrected chi connectivity index (χ4v) is 4.82. The SMILES string of the molecule is CC(C)c1ccc(O)c(C(=N)N(C(=N)SCC2=CNC(C(F)(F)F)C=C2)c2ccc3c(ccn3C)c2)c1. The maximum Gasteiger partial charge on any atom is 0.412 e. The number of hydrogen-bond acceptors (Lipinski definition) is 5. The van der Waals surface area contributed by atoms with Gasteiger partial charge in [0.2, 0.25) is 0 Å². The van der Waals surface area contributed by atoms with Gasteiger partial charge in [-0.3, -0.25) is 15.7 Å². The van der Waals surface area contributed by atoms with E-state index in [0.717, 1.165) is 34.3 Å². The second-order valence-electron chi connectivity index (χ2n) is 9.14. The van der Waals surface area contributed by atoms with E-state index in [1.165, 1.54) is 17.2 Å². The predicted octanol–water partition coefficient (Wildman–Crippen LogP) is 6.48. The highest BCUT2D eigenvalue weighted by Gasteiger charge is 2.38. The number of aryl methyl sites for hydroxylation is 1.